The SMILES string of the molecule is CCCCCCCC(=O)Oc1ccc(-c2nc(-c3ccc(C)cc3C)nc(-c3ccc(C)cc3C)n2)c(O)c1. The van der Waals surface area contributed by atoms with Gasteiger partial charge in [-0.05, 0) is 57.4 Å². The highest BCUT2D eigenvalue weighted by atomic mass is 16.5. The molecule has 1 aromatic heterocycles. The smallest absolute Gasteiger partial charge is 0.311 e. The average Bonchev–Trinajstić information content (AvgIpc) is 2.88. The van der Waals surface area contributed by atoms with Crippen LogP contribution < -0.4 is 4.74 Å². The molecule has 1 N–H and O–H groups in total. The highest BCUT2D eigenvalue weighted by Gasteiger charge is 2.18. The molecule has 39 heavy (non-hydrogen) atoms. The third-order valence-corrected chi connectivity index (χ3v) is 6.81. The van der Waals surface area contributed by atoms with Crippen molar-refractivity contribution in [3.63, 3.8) is 0 Å². The number of ether oxygens (including phenoxy) is 1. The normalized spacial score (nSPS) is 11.0. The van der Waals surface area contributed by atoms with Crippen LogP contribution >= 0.6 is 0 Å². The van der Waals surface area contributed by atoms with Crippen LogP contribution in [0.15, 0.2) is 54.6 Å². The van der Waals surface area contributed by atoms with Crippen molar-refractivity contribution in [3.8, 4) is 45.7 Å². The Kier molecular flexibility index (Phi) is 9.07. The number of aromatic hydroxyl groups is 1. The fraction of sp³-hybridized carbons (Fsp3) is 0.333. The van der Waals surface area contributed by atoms with Gasteiger partial charge in [-0.2, -0.15) is 0 Å². The van der Waals surface area contributed by atoms with Crippen molar-refractivity contribution in [1.29, 1.82) is 0 Å². The van der Waals surface area contributed by atoms with Gasteiger partial charge in [0.2, 0.25) is 0 Å². The van der Waals surface area contributed by atoms with Crippen molar-refractivity contribution in [2.45, 2.75) is 73.1 Å². The Balaban J connectivity index is 1.68. The highest BCUT2D eigenvalue weighted by Crippen LogP contribution is 2.34. The van der Waals surface area contributed by atoms with Crippen molar-refractivity contribution < 1.29 is 14.6 Å². The number of hydrogen-bond donors (Lipinski definition) is 1. The van der Waals surface area contributed by atoms with E-state index in [-0.39, 0.29) is 11.7 Å². The van der Waals surface area contributed by atoms with E-state index in [2.05, 4.69) is 32.9 Å². The second-order valence-corrected chi connectivity index (χ2v) is 10.3. The molecule has 202 valence electrons. The van der Waals surface area contributed by atoms with Crippen LogP contribution in [-0.4, -0.2) is 26.0 Å². The zero-order chi connectivity index (χ0) is 27.9. The number of aromatic nitrogens is 3. The first-order valence-corrected chi connectivity index (χ1v) is 13.7. The number of carbonyl (C=O) groups excluding carboxylic acids is 1. The molecule has 0 radical (unpaired) electrons. The molecule has 0 spiro atoms. The zero-order valence-electron chi connectivity index (χ0n) is 23.5. The second-order valence-electron chi connectivity index (χ2n) is 10.3. The summed E-state index contributed by atoms with van der Waals surface area (Å²) >= 11 is 0. The number of phenolic OH excluding ortho intramolecular Hbond substituents is 1. The molecule has 0 aliphatic carbocycles. The second kappa shape index (κ2) is 12.7. The molecule has 4 rings (SSSR count). The summed E-state index contributed by atoms with van der Waals surface area (Å²) in [6.07, 6.45) is 5.64. The number of phenols is 1. The summed E-state index contributed by atoms with van der Waals surface area (Å²) in [6.45, 7) is 10.3. The molecule has 1 heterocycles. The minimum atomic E-state index is -0.298. The zero-order valence-corrected chi connectivity index (χ0v) is 23.5. The van der Waals surface area contributed by atoms with E-state index in [1.165, 1.54) is 12.5 Å². The van der Waals surface area contributed by atoms with Crippen molar-refractivity contribution in [2.24, 2.45) is 0 Å². The van der Waals surface area contributed by atoms with Crippen LogP contribution in [0.25, 0.3) is 34.2 Å². The summed E-state index contributed by atoms with van der Waals surface area (Å²) < 4.78 is 5.48. The molecule has 6 heteroatoms. The first kappa shape index (κ1) is 28.0. The lowest BCUT2D eigenvalue weighted by atomic mass is 10.0. The number of aryl methyl sites for hydroxylation is 4. The van der Waals surface area contributed by atoms with Crippen molar-refractivity contribution in [2.75, 3.05) is 0 Å². The Labute approximate surface area is 231 Å². The van der Waals surface area contributed by atoms with Gasteiger partial charge in [-0.15, -0.1) is 0 Å². The fourth-order valence-electron chi connectivity index (χ4n) is 4.69. The van der Waals surface area contributed by atoms with Crippen molar-refractivity contribution in [3.05, 3.63) is 76.9 Å². The van der Waals surface area contributed by atoms with E-state index in [4.69, 9.17) is 19.7 Å². The van der Waals surface area contributed by atoms with Crippen LogP contribution in [0.5, 0.6) is 11.5 Å². The molecule has 0 bridgehead atoms. The van der Waals surface area contributed by atoms with Gasteiger partial charge in [-0.3, -0.25) is 4.79 Å². The third kappa shape index (κ3) is 7.08. The van der Waals surface area contributed by atoms with E-state index in [9.17, 15) is 9.90 Å². The minimum absolute atomic E-state index is 0.0624. The minimum Gasteiger partial charge on any atom is -0.507 e. The Morgan fingerprint density at radius 2 is 1.21 bits per heavy atom. The molecule has 0 fully saturated rings. The van der Waals surface area contributed by atoms with E-state index >= 15 is 0 Å². The lowest BCUT2D eigenvalue weighted by Gasteiger charge is -2.13. The third-order valence-electron chi connectivity index (χ3n) is 6.81. The monoisotopic (exact) mass is 523 g/mol. The first-order valence-electron chi connectivity index (χ1n) is 13.7. The van der Waals surface area contributed by atoms with Gasteiger partial charge in [-0.1, -0.05) is 80.1 Å². The average molecular weight is 524 g/mol. The Morgan fingerprint density at radius 1 is 0.692 bits per heavy atom. The molecule has 0 atom stereocenters. The molecule has 3 aromatic carbocycles. The first-order chi connectivity index (χ1) is 18.7. The number of esters is 1. The topological polar surface area (TPSA) is 85.2 Å². The van der Waals surface area contributed by atoms with Gasteiger partial charge < -0.3 is 9.84 Å². The van der Waals surface area contributed by atoms with Gasteiger partial charge in [0.1, 0.15) is 11.5 Å². The number of nitrogens with zero attached hydrogens (tertiary/aromatic N) is 3. The number of hydrogen-bond acceptors (Lipinski definition) is 6. The number of unbranched alkanes of at least 4 members (excludes halogenated alkanes) is 4. The van der Waals surface area contributed by atoms with Crippen molar-refractivity contribution >= 4 is 5.97 Å². The van der Waals surface area contributed by atoms with Crippen LogP contribution in [0.4, 0.5) is 0 Å². The van der Waals surface area contributed by atoms with Gasteiger partial charge in [0.25, 0.3) is 0 Å². The lowest BCUT2D eigenvalue weighted by molar-refractivity contribution is -0.134. The predicted octanol–water partition coefficient (Wildman–Crippen LogP) is 8.08. The molecule has 6 nitrogen and oxygen atoms in total. The Bertz CT molecular complexity index is 1410. The molecule has 0 unspecified atom stereocenters. The number of carbonyl (C=O) groups is 1. The summed E-state index contributed by atoms with van der Waals surface area (Å²) in [5.74, 6) is 1.35. The number of rotatable bonds is 10. The van der Waals surface area contributed by atoms with Crippen LogP contribution in [0, 0.1) is 27.7 Å². The summed E-state index contributed by atoms with van der Waals surface area (Å²) in [4.78, 5) is 26.7. The molecular weight excluding hydrogens is 486 g/mol. The molecular formula is C33H37N3O3. The Morgan fingerprint density at radius 3 is 1.72 bits per heavy atom. The summed E-state index contributed by atoms with van der Waals surface area (Å²) in [6, 6.07) is 17.1. The van der Waals surface area contributed by atoms with Crippen LogP contribution in [0.3, 0.4) is 0 Å². The van der Waals surface area contributed by atoms with Crippen LogP contribution in [0.2, 0.25) is 0 Å². The predicted molar refractivity (Wildman–Crippen MR) is 156 cm³/mol. The van der Waals surface area contributed by atoms with E-state index in [1.807, 2.05) is 38.1 Å². The van der Waals surface area contributed by atoms with E-state index < -0.39 is 0 Å². The number of benzene rings is 3. The maximum absolute atomic E-state index is 12.3. The Hall–Kier alpha value is -4.06. The van der Waals surface area contributed by atoms with E-state index in [1.54, 1.807) is 12.1 Å². The molecule has 0 saturated heterocycles. The van der Waals surface area contributed by atoms with Crippen LogP contribution in [0.1, 0.15) is 67.7 Å². The molecule has 0 amide bonds. The largest absolute Gasteiger partial charge is 0.507 e. The van der Waals surface area contributed by atoms with Crippen LogP contribution in [-0.2, 0) is 4.79 Å². The molecule has 4 aromatic rings. The molecule has 0 aliphatic rings. The fourth-order valence-corrected chi connectivity index (χ4v) is 4.69. The quantitative estimate of drug-likeness (QED) is 0.128. The van der Waals surface area contributed by atoms with Gasteiger partial charge in [0.15, 0.2) is 17.5 Å². The van der Waals surface area contributed by atoms with Crippen molar-refractivity contribution in [1.82, 2.24) is 15.0 Å². The maximum atomic E-state index is 12.3. The molecule has 0 saturated carbocycles. The highest BCUT2D eigenvalue weighted by molar-refractivity contribution is 5.75. The van der Waals surface area contributed by atoms with Gasteiger partial charge >= 0.3 is 5.97 Å². The van der Waals surface area contributed by atoms with E-state index in [0.717, 1.165) is 59.1 Å². The van der Waals surface area contributed by atoms with Gasteiger partial charge in [0, 0.05) is 23.6 Å². The summed E-state index contributed by atoms with van der Waals surface area (Å²) in [7, 11) is 0. The maximum Gasteiger partial charge on any atom is 0.311 e. The lowest BCUT2D eigenvalue weighted by Crippen LogP contribution is -2.07. The summed E-state index contributed by atoms with van der Waals surface area (Å²) in [5.41, 5.74) is 6.67. The van der Waals surface area contributed by atoms with Gasteiger partial charge in [-0.25, -0.2) is 15.0 Å². The van der Waals surface area contributed by atoms with E-state index in [0.29, 0.717) is 35.2 Å². The van der Waals surface area contributed by atoms with Gasteiger partial charge in [0.05, 0.1) is 5.56 Å². The standard InChI is InChI=1S/C33H37N3O3/c1-6-7-8-9-10-11-30(38)39-25-14-17-28(29(37)20-25)33-35-31(26-15-12-21(2)18-23(26)4)34-32(36-33)27-16-13-22(3)19-24(27)5/h12-20,37H,6-11H2,1-5H3. The summed E-state index contributed by atoms with van der Waals surface area (Å²) in [5, 5.41) is 10.9. The molecule has 0 aliphatic heterocycles.